The Morgan fingerprint density at radius 1 is 0.800 bits per heavy atom. The minimum atomic E-state index is -2.46. The minimum absolute atomic E-state index is 0.285. The lowest BCUT2D eigenvalue weighted by Gasteiger charge is -1.96. The van der Waals surface area contributed by atoms with Crippen molar-refractivity contribution >= 4 is 84.9 Å². The standard InChI is InChI=1S/CH2Cl6Si3/c2-1-8(3)9(4,5)10(8,6)7/h1H2. The highest BCUT2D eigenvalue weighted by atomic mass is 35.8. The fraction of sp³-hybridized carbons (Fsp3) is 1.00. The van der Waals surface area contributed by atoms with Crippen LogP contribution in [0.1, 0.15) is 0 Å². The van der Waals surface area contributed by atoms with E-state index >= 15 is 0 Å². The van der Waals surface area contributed by atoms with Gasteiger partial charge in [-0.25, -0.2) is 0 Å². The highest BCUT2D eigenvalue weighted by molar-refractivity contribution is 8.46. The minimum Gasteiger partial charge on any atom is -0.167 e. The van der Waals surface area contributed by atoms with E-state index in [1.807, 2.05) is 0 Å². The van der Waals surface area contributed by atoms with Gasteiger partial charge in [0.25, 0.3) is 11.5 Å². The van der Waals surface area contributed by atoms with Crippen LogP contribution in [0.4, 0.5) is 0 Å². The van der Waals surface area contributed by atoms with Crippen LogP contribution < -0.4 is 0 Å². The Bertz CT molecular complexity index is 150. The van der Waals surface area contributed by atoms with Crippen LogP contribution in [-0.4, -0.2) is 23.4 Å². The van der Waals surface area contributed by atoms with Crippen molar-refractivity contribution in [1.29, 1.82) is 0 Å². The molecule has 0 aromatic heterocycles. The largest absolute Gasteiger partial charge is 0.278 e. The zero-order chi connectivity index (χ0) is 8.21. The molecule has 0 bridgehead atoms. The van der Waals surface area contributed by atoms with Crippen molar-refractivity contribution in [3.63, 3.8) is 0 Å². The number of hydrogen-bond acceptors (Lipinski definition) is 0. The van der Waals surface area contributed by atoms with Gasteiger partial charge in [-0.05, 0) is 0 Å². The van der Waals surface area contributed by atoms with Gasteiger partial charge < -0.3 is 0 Å². The molecule has 1 rings (SSSR count). The predicted octanol–water partition coefficient (Wildman–Crippen LogP) is 3.04. The fourth-order valence-corrected chi connectivity index (χ4v) is 91.4. The smallest absolute Gasteiger partial charge is 0.167 e. The van der Waals surface area contributed by atoms with E-state index in [2.05, 4.69) is 0 Å². The molecular formula is CH2Cl6Si3. The Balaban J connectivity index is 2.90. The Morgan fingerprint density at radius 3 is 1.10 bits per heavy atom. The van der Waals surface area contributed by atoms with E-state index in [4.69, 9.17) is 67.0 Å². The third-order valence-corrected chi connectivity index (χ3v) is 81.7. The Morgan fingerprint density at radius 2 is 1.10 bits per heavy atom. The molecule has 0 spiro atoms. The topological polar surface area (TPSA) is 0 Å². The molecule has 10 heavy (non-hydrogen) atoms. The lowest BCUT2D eigenvalue weighted by atomic mass is 11.9. The molecule has 1 saturated heterocycles. The van der Waals surface area contributed by atoms with Gasteiger partial charge in [0.2, 0.25) is 6.42 Å². The Kier molecular flexibility index (Phi) is 2.81. The van der Waals surface area contributed by atoms with Crippen molar-refractivity contribution in [1.82, 2.24) is 0 Å². The summed E-state index contributed by atoms with van der Waals surface area (Å²) in [5, 5.41) is 0. The van der Waals surface area contributed by atoms with E-state index in [0.717, 1.165) is 0 Å². The van der Waals surface area contributed by atoms with Crippen LogP contribution in [0.3, 0.4) is 0 Å². The molecule has 9 heteroatoms. The molecule has 1 heterocycles. The maximum atomic E-state index is 6.01. The molecule has 0 saturated carbocycles. The summed E-state index contributed by atoms with van der Waals surface area (Å²) in [6.07, 6.45) is -2.26. The van der Waals surface area contributed by atoms with Gasteiger partial charge in [-0.15, -0.1) is 55.9 Å². The normalized spacial score (nSPS) is 31.8. The monoisotopic (exact) mass is 308 g/mol. The van der Waals surface area contributed by atoms with E-state index in [1.54, 1.807) is 0 Å². The van der Waals surface area contributed by atoms with Crippen LogP contribution in [0.15, 0.2) is 0 Å². The maximum absolute atomic E-state index is 6.01. The summed E-state index contributed by atoms with van der Waals surface area (Å²) in [5.74, 6) is 0. The summed E-state index contributed by atoms with van der Waals surface area (Å²) in [7, 11) is 0. The molecule has 0 unspecified atom stereocenters. The first-order valence-electron chi connectivity index (χ1n) is 2.32. The molecule has 1 fully saturated rings. The summed E-state index contributed by atoms with van der Waals surface area (Å²) >= 11 is 35.1. The van der Waals surface area contributed by atoms with E-state index in [-0.39, 0.29) is 5.50 Å². The summed E-state index contributed by atoms with van der Waals surface area (Å²) in [5.41, 5.74) is -4.63. The molecule has 0 radical (unpaired) electrons. The number of rotatable bonds is 1. The van der Waals surface area contributed by atoms with Crippen LogP contribution in [-0.2, 0) is 0 Å². The van der Waals surface area contributed by atoms with Gasteiger partial charge in [0.15, 0.2) is 0 Å². The first-order chi connectivity index (χ1) is 4.31. The highest BCUT2D eigenvalue weighted by Crippen LogP contribution is 2.63. The molecule has 1 aliphatic heterocycles. The predicted molar refractivity (Wildman–Crippen MR) is 57.2 cm³/mol. The van der Waals surface area contributed by atoms with Crippen molar-refractivity contribution in [3.8, 4) is 0 Å². The van der Waals surface area contributed by atoms with Gasteiger partial charge >= 0.3 is 0 Å². The average Bonchev–Trinajstić information content (AvgIpc) is 2.11. The summed E-state index contributed by atoms with van der Waals surface area (Å²) < 4.78 is 0. The summed E-state index contributed by atoms with van der Waals surface area (Å²) in [6.45, 7) is 0. The quantitative estimate of drug-likeness (QED) is 0.397. The average molecular weight is 311 g/mol. The van der Waals surface area contributed by atoms with Gasteiger partial charge in [-0.2, -0.15) is 11.1 Å². The van der Waals surface area contributed by atoms with Crippen molar-refractivity contribution in [3.05, 3.63) is 0 Å². The zero-order valence-electron chi connectivity index (χ0n) is 4.47. The van der Waals surface area contributed by atoms with Gasteiger partial charge in [0, 0.05) is 5.50 Å². The molecule has 0 aromatic carbocycles. The molecule has 0 aromatic rings. The molecule has 0 aliphatic carbocycles. The number of alkyl halides is 1. The third-order valence-electron chi connectivity index (χ3n) is 1.51. The van der Waals surface area contributed by atoms with Crippen molar-refractivity contribution in [2.45, 2.75) is 0 Å². The zero-order valence-corrected chi connectivity index (χ0v) is 12.0. The van der Waals surface area contributed by atoms with Crippen molar-refractivity contribution in [2.24, 2.45) is 0 Å². The lowest BCUT2D eigenvalue weighted by Crippen LogP contribution is -2.23. The second-order valence-corrected chi connectivity index (χ2v) is 45.1. The van der Waals surface area contributed by atoms with Crippen molar-refractivity contribution in [2.75, 3.05) is 5.50 Å². The van der Waals surface area contributed by atoms with Crippen molar-refractivity contribution < 1.29 is 0 Å². The second kappa shape index (κ2) is 2.69. The molecule has 0 amide bonds. The lowest BCUT2D eigenvalue weighted by molar-refractivity contribution is 2.13. The van der Waals surface area contributed by atoms with E-state index in [1.165, 1.54) is 0 Å². The van der Waals surface area contributed by atoms with Crippen LogP contribution in [0.2, 0.25) is 0 Å². The first kappa shape index (κ1) is 10.5. The summed E-state index contributed by atoms with van der Waals surface area (Å²) in [6, 6.07) is 0. The molecule has 0 nitrogen and oxygen atoms in total. The van der Waals surface area contributed by atoms with Gasteiger partial charge in [-0.1, -0.05) is 0 Å². The molecular weight excluding hydrogens is 309 g/mol. The second-order valence-electron chi connectivity index (χ2n) is 2.08. The first-order valence-corrected chi connectivity index (χ1v) is 17.1. The van der Waals surface area contributed by atoms with Crippen LogP contribution >= 0.6 is 67.0 Å². The maximum Gasteiger partial charge on any atom is 0.278 e. The molecule has 1 aliphatic rings. The van der Waals surface area contributed by atoms with Crippen LogP contribution in [0, 0.1) is 0 Å². The summed E-state index contributed by atoms with van der Waals surface area (Å²) in [4.78, 5) is 0. The highest BCUT2D eigenvalue weighted by Gasteiger charge is 2.93. The van der Waals surface area contributed by atoms with E-state index in [9.17, 15) is 0 Å². The molecule has 0 N–H and O–H groups in total. The molecule has 0 atom stereocenters. The Hall–Kier alpha value is 2.39. The van der Waals surface area contributed by atoms with E-state index < -0.39 is 17.9 Å². The third kappa shape index (κ3) is 0.992. The number of halogens is 6. The fourth-order valence-electron chi connectivity index (χ4n) is 0.607. The van der Waals surface area contributed by atoms with Crippen LogP contribution in [0.5, 0.6) is 0 Å². The SMILES string of the molecule is ClC[Si]1(Cl)[Si](Cl)(Cl)[Si]1(Cl)Cl. The van der Waals surface area contributed by atoms with Crippen LogP contribution in [0.25, 0.3) is 0 Å². The van der Waals surface area contributed by atoms with Gasteiger partial charge in [0.05, 0.1) is 0 Å². The van der Waals surface area contributed by atoms with E-state index in [0.29, 0.717) is 0 Å². The number of hydrogen-bond donors (Lipinski definition) is 0. The van der Waals surface area contributed by atoms with Gasteiger partial charge in [0.1, 0.15) is 0 Å². The van der Waals surface area contributed by atoms with Gasteiger partial charge in [-0.3, -0.25) is 0 Å². The molecule has 60 valence electrons. The Labute approximate surface area is 89.6 Å².